The second-order valence-corrected chi connectivity index (χ2v) is 10.9. The van der Waals surface area contributed by atoms with Gasteiger partial charge in [-0.2, -0.15) is 15.3 Å². The third-order valence-corrected chi connectivity index (χ3v) is 7.14. The van der Waals surface area contributed by atoms with E-state index < -0.39 is 0 Å². The number of carbonyl (C=O) groups is 1. The Morgan fingerprint density at radius 3 is 2.54 bits per heavy atom. The number of carbonyl (C=O) groups excluding carboxylic acids is 1. The number of nitrogens with zero attached hydrogens (tertiary/aromatic N) is 6. The normalized spacial score (nSPS) is 16.2. The van der Waals surface area contributed by atoms with E-state index in [1.165, 1.54) is 9.69 Å². The van der Waals surface area contributed by atoms with Gasteiger partial charge in [0.15, 0.2) is 0 Å². The van der Waals surface area contributed by atoms with E-state index in [2.05, 4.69) is 10.2 Å². The third-order valence-electron chi connectivity index (χ3n) is 6.22. The fraction of sp³-hybridized carbons (Fsp3) is 0.346. The molecule has 1 atom stereocenters. The predicted octanol–water partition coefficient (Wildman–Crippen LogP) is 4.40. The summed E-state index contributed by atoms with van der Waals surface area (Å²) in [7, 11) is 0. The van der Waals surface area contributed by atoms with Crippen LogP contribution < -0.4 is 5.56 Å². The lowest BCUT2D eigenvalue weighted by Gasteiger charge is -2.23. The smallest absolute Gasteiger partial charge is 0.271 e. The maximum absolute atomic E-state index is 13.6. The predicted molar refractivity (Wildman–Crippen MR) is 138 cm³/mol. The molecule has 35 heavy (non-hydrogen) atoms. The van der Waals surface area contributed by atoms with E-state index in [4.69, 9.17) is 5.10 Å². The number of aromatic nitrogens is 4. The molecule has 0 radical (unpaired) electrons. The summed E-state index contributed by atoms with van der Waals surface area (Å²) in [6, 6.07) is 11.9. The van der Waals surface area contributed by atoms with Gasteiger partial charge in [-0.15, -0.1) is 11.3 Å². The van der Waals surface area contributed by atoms with Gasteiger partial charge in [0, 0.05) is 11.8 Å². The molecule has 1 aliphatic rings. The number of aryl methyl sites for hydroxylation is 2. The van der Waals surface area contributed by atoms with Gasteiger partial charge < -0.3 is 0 Å². The topological polar surface area (TPSA) is 85.4 Å². The molecule has 0 fully saturated rings. The molecule has 8 nitrogen and oxygen atoms in total. The summed E-state index contributed by atoms with van der Waals surface area (Å²) in [4.78, 5) is 28.1. The molecule has 4 aromatic rings. The van der Waals surface area contributed by atoms with Crippen molar-refractivity contribution in [1.29, 1.82) is 0 Å². The van der Waals surface area contributed by atoms with Crippen LogP contribution in [-0.2, 0) is 16.9 Å². The Balaban J connectivity index is 1.53. The van der Waals surface area contributed by atoms with E-state index in [1.807, 2.05) is 76.4 Å². The van der Waals surface area contributed by atoms with Crippen LogP contribution in [0.25, 0.3) is 10.9 Å². The highest BCUT2D eigenvalue weighted by atomic mass is 32.1. The first kappa shape index (κ1) is 23.2. The first-order chi connectivity index (χ1) is 16.6. The van der Waals surface area contributed by atoms with E-state index in [1.54, 1.807) is 22.2 Å². The quantitative estimate of drug-likeness (QED) is 0.426. The molecule has 9 heteroatoms. The molecule has 0 spiro atoms. The number of hydrogen-bond acceptors (Lipinski definition) is 6. The van der Waals surface area contributed by atoms with Crippen molar-refractivity contribution in [2.24, 2.45) is 5.10 Å². The van der Waals surface area contributed by atoms with Crippen LogP contribution >= 0.6 is 11.3 Å². The van der Waals surface area contributed by atoms with Gasteiger partial charge in [-0.1, -0.05) is 35.9 Å². The molecular weight excluding hydrogens is 460 g/mol. The van der Waals surface area contributed by atoms with Crippen LogP contribution in [0.15, 0.2) is 57.9 Å². The lowest BCUT2D eigenvalue weighted by Crippen LogP contribution is -2.36. The minimum Gasteiger partial charge on any atom is -0.271 e. The summed E-state index contributed by atoms with van der Waals surface area (Å²) in [5, 5.41) is 17.8. The number of benzene rings is 1. The first-order valence-corrected chi connectivity index (χ1v) is 12.5. The Bertz CT molecular complexity index is 1490. The third kappa shape index (κ3) is 4.20. The average Bonchev–Trinajstić information content (AvgIpc) is 3.56. The van der Waals surface area contributed by atoms with Gasteiger partial charge in [0.2, 0.25) is 0 Å². The molecule has 1 unspecified atom stereocenters. The number of amides is 1. The van der Waals surface area contributed by atoms with Crippen LogP contribution in [0.1, 0.15) is 54.9 Å². The number of hydrazone groups is 1. The second-order valence-electron chi connectivity index (χ2n) is 9.93. The molecule has 0 aliphatic carbocycles. The van der Waals surface area contributed by atoms with Gasteiger partial charge in [-0.25, -0.2) is 9.69 Å². The van der Waals surface area contributed by atoms with Crippen molar-refractivity contribution in [2.45, 2.75) is 59.2 Å². The van der Waals surface area contributed by atoms with Gasteiger partial charge in [0.05, 0.1) is 34.1 Å². The van der Waals surface area contributed by atoms with Crippen LogP contribution in [0.4, 0.5) is 0 Å². The van der Waals surface area contributed by atoms with Crippen molar-refractivity contribution in [3.63, 3.8) is 0 Å². The van der Waals surface area contributed by atoms with Crippen LogP contribution in [0.5, 0.6) is 0 Å². The van der Waals surface area contributed by atoms with Gasteiger partial charge in [-0.3, -0.25) is 14.3 Å². The van der Waals surface area contributed by atoms with Crippen LogP contribution in [-0.4, -0.2) is 36.2 Å². The molecule has 1 aliphatic heterocycles. The van der Waals surface area contributed by atoms with Crippen LogP contribution in [0.3, 0.4) is 0 Å². The number of rotatable bonds is 4. The average molecular weight is 489 g/mol. The van der Waals surface area contributed by atoms with Crippen LogP contribution in [0.2, 0.25) is 0 Å². The van der Waals surface area contributed by atoms with E-state index in [9.17, 15) is 9.59 Å². The second kappa shape index (κ2) is 8.57. The number of hydrogen-bond donors (Lipinski definition) is 0. The molecule has 1 aromatic carbocycles. The largest absolute Gasteiger partial charge is 0.293 e. The summed E-state index contributed by atoms with van der Waals surface area (Å²) in [6.45, 7) is 9.63. The molecule has 1 amide bonds. The number of fused-ring (bicyclic) bond motifs is 1. The van der Waals surface area contributed by atoms with Crippen molar-refractivity contribution in [3.05, 3.63) is 80.0 Å². The van der Waals surface area contributed by atoms with Crippen LogP contribution in [0, 0.1) is 13.8 Å². The van der Waals surface area contributed by atoms with Gasteiger partial charge >= 0.3 is 0 Å². The van der Waals surface area contributed by atoms with Gasteiger partial charge in [0.25, 0.3) is 11.5 Å². The van der Waals surface area contributed by atoms with Gasteiger partial charge in [0.1, 0.15) is 12.1 Å². The van der Waals surface area contributed by atoms with Crippen molar-refractivity contribution in [3.8, 4) is 0 Å². The maximum Gasteiger partial charge on any atom is 0.293 e. The molecule has 0 saturated carbocycles. The lowest BCUT2D eigenvalue weighted by molar-refractivity contribution is -0.133. The zero-order valence-electron chi connectivity index (χ0n) is 20.5. The van der Waals surface area contributed by atoms with Gasteiger partial charge in [-0.05, 0) is 51.6 Å². The maximum atomic E-state index is 13.6. The van der Waals surface area contributed by atoms with E-state index in [0.29, 0.717) is 23.0 Å². The SMILES string of the molecule is Cc1ccc(C2CC(c3cccs3)=NN2C(=O)Cn2nc(C)c3cnn(C(C)(C)C)c3c2=O)cc1. The highest BCUT2D eigenvalue weighted by Crippen LogP contribution is 2.34. The monoisotopic (exact) mass is 488 g/mol. The fourth-order valence-corrected chi connectivity index (χ4v) is 5.14. The lowest BCUT2D eigenvalue weighted by atomic mass is 10.00. The Morgan fingerprint density at radius 1 is 1.14 bits per heavy atom. The molecule has 0 N–H and O–H groups in total. The van der Waals surface area contributed by atoms with Crippen molar-refractivity contribution in [2.75, 3.05) is 0 Å². The Labute approximate surface area is 207 Å². The van der Waals surface area contributed by atoms with E-state index in [-0.39, 0.29) is 29.6 Å². The first-order valence-electron chi connectivity index (χ1n) is 11.6. The Kier molecular flexibility index (Phi) is 5.67. The number of thiophene rings is 1. The molecule has 0 saturated heterocycles. The van der Waals surface area contributed by atoms with E-state index >= 15 is 0 Å². The zero-order chi connectivity index (χ0) is 24.9. The highest BCUT2D eigenvalue weighted by molar-refractivity contribution is 7.12. The fourth-order valence-electron chi connectivity index (χ4n) is 4.42. The molecule has 4 heterocycles. The molecule has 3 aromatic heterocycles. The molecule has 5 rings (SSSR count). The standard InChI is InChI=1S/C26H28N6O2S/c1-16-8-10-18(11-9-16)21-13-20(22-7-6-12-35-22)29-31(21)23(33)15-30-25(34)24-19(17(2)28-30)14-27-32(24)26(3,4)5/h6-12,14,21H,13,15H2,1-5H3. The highest BCUT2D eigenvalue weighted by Gasteiger charge is 2.34. The summed E-state index contributed by atoms with van der Waals surface area (Å²) < 4.78 is 2.95. The Morgan fingerprint density at radius 2 is 1.89 bits per heavy atom. The van der Waals surface area contributed by atoms with Crippen molar-refractivity contribution >= 4 is 33.9 Å². The molecule has 0 bridgehead atoms. The van der Waals surface area contributed by atoms with Crippen molar-refractivity contribution < 1.29 is 4.79 Å². The minimum atomic E-state index is -0.387. The summed E-state index contributed by atoms with van der Waals surface area (Å²) in [5.74, 6) is -0.280. The zero-order valence-corrected chi connectivity index (χ0v) is 21.3. The summed E-state index contributed by atoms with van der Waals surface area (Å²) >= 11 is 1.60. The van der Waals surface area contributed by atoms with Crippen molar-refractivity contribution in [1.82, 2.24) is 24.6 Å². The van der Waals surface area contributed by atoms with E-state index in [0.717, 1.165) is 21.7 Å². The summed E-state index contributed by atoms with van der Waals surface area (Å²) in [6.07, 6.45) is 2.29. The summed E-state index contributed by atoms with van der Waals surface area (Å²) in [5.41, 5.74) is 3.42. The molecule has 180 valence electrons. The molecular formula is C26H28N6O2S. The minimum absolute atomic E-state index is 0.200. The Hall–Kier alpha value is -3.59.